The first-order chi connectivity index (χ1) is 45.2. The van der Waals surface area contributed by atoms with Gasteiger partial charge in [0.05, 0.1) is 48.9 Å². The van der Waals surface area contributed by atoms with Crippen LogP contribution in [-0.4, -0.2) is 119 Å². The molecule has 552 valence electrons. The molecule has 0 saturated carbocycles. The van der Waals surface area contributed by atoms with E-state index in [0.717, 1.165) is 48.9 Å². The number of carbonyl (C=O) groups is 2. The van der Waals surface area contributed by atoms with Crippen molar-refractivity contribution < 1.29 is 168 Å². The Kier molecular flexibility index (Phi) is 46.6. The van der Waals surface area contributed by atoms with Gasteiger partial charge in [0.25, 0.3) is 0 Å². The van der Waals surface area contributed by atoms with Crippen LogP contribution >= 0.6 is 0 Å². The Morgan fingerprint density at radius 1 is 0.260 bits per heavy atom. The summed E-state index contributed by atoms with van der Waals surface area (Å²) >= 11 is 0. The fourth-order valence-corrected chi connectivity index (χ4v) is 7.39. The maximum absolute atomic E-state index is 9.75. The topological polar surface area (TPSA) is 177 Å². The van der Waals surface area contributed by atoms with Crippen LogP contribution in [0.1, 0.15) is 49.9 Å². The predicted molar refractivity (Wildman–Crippen MR) is 333 cm³/mol. The minimum Gasteiger partial charge on any atom is -0.418 e. The number of ketones is 2. The van der Waals surface area contributed by atoms with Gasteiger partial charge in [-0.2, -0.15) is 40.8 Å². The molecule has 18 nitrogen and oxygen atoms in total. The molecule has 0 spiro atoms. The molecule has 0 N–H and O–H groups in total. The molecule has 4 aromatic carbocycles. The maximum Gasteiger partial charge on any atom is 1.00 e. The van der Waals surface area contributed by atoms with Gasteiger partial charge in [0.15, 0.2) is 0 Å². The zero-order valence-corrected chi connectivity index (χ0v) is 58.4. The van der Waals surface area contributed by atoms with Crippen LogP contribution in [0.2, 0.25) is 0 Å². The average Bonchev–Trinajstić information content (AvgIpc) is 1.54. The van der Waals surface area contributed by atoms with Crippen LogP contribution in [-0.2, 0) is 125 Å². The summed E-state index contributed by atoms with van der Waals surface area (Å²) < 4.78 is 171. The Balaban J connectivity index is 0. The zero-order valence-electron chi connectivity index (χ0n) is 52.5. The van der Waals surface area contributed by atoms with Crippen LogP contribution in [0.5, 0.6) is 0 Å². The second-order valence-corrected chi connectivity index (χ2v) is 18.9. The fourth-order valence-electron chi connectivity index (χ4n) is 7.39. The van der Waals surface area contributed by atoms with Gasteiger partial charge in [-0.3, -0.25) is 18.7 Å². The minimum absolute atomic E-state index is 0. The van der Waals surface area contributed by atoms with Crippen LogP contribution in [0.15, 0.2) is 245 Å². The first-order valence-corrected chi connectivity index (χ1v) is 27.8. The first kappa shape index (κ1) is 94.1. The van der Waals surface area contributed by atoms with Gasteiger partial charge in [-0.1, -0.05) is 72.8 Å². The summed E-state index contributed by atoms with van der Waals surface area (Å²) in [5, 5.41) is 33.9. The van der Waals surface area contributed by atoms with Gasteiger partial charge < -0.3 is 78.6 Å². The van der Waals surface area contributed by atoms with Crippen molar-refractivity contribution in [3.8, 4) is 22.7 Å². The smallest absolute Gasteiger partial charge is 0.418 e. The molecule has 0 fully saturated rings. The summed E-state index contributed by atoms with van der Waals surface area (Å²) in [7, 11) is -24.0. The summed E-state index contributed by atoms with van der Waals surface area (Å²) in [4.78, 5) is 18.9. The van der Waals surface area contributed by atoms with Crippen LogP contribution in [0.3, 0.4) is 0 Å². The molecular formula is C58H60Ag4B4F16N16O2. The van der Waals surface area contributed by atoms with Gasteiger partial charge in [-0.25, -0.2) is 18.7 Å². The largest absolute Gasteiger partial charge is 1.00 e. The van der Waals surface area contributed by atoms with Gasteiger partial charge in [-0.05, 0) is 123 Å². The second kappa shape index (κ2) is 49.5. The molecule has 0 atom stereocenters. The SMILES string of the molecule is CC(C)=O.CC(C)=O.F[B-](F)(F)F.F[B-](F)(F)F.F[B-](F)(F)F.F[B-](F)(F)F.[Ag+].[Ag+].[Ag+].[Ag+].c1ccc(-n2cccn2)c(Cn2cccn2)c1.c1ccc(-n2cccn2)c(Cn2cccn2)c1.c1ccc(-n2cccn2)c(Cn2cccn2)c1.c1ccc(-n2cccn2)c(Cn2cccn2)c1. The summed E-state index contributed by atoms with van der Waals surface area (Å²) in [5.74, 6) is 0.333. The van der Waals surface area contributed by atoms with Crippen molar-refractivity contribution in [1.29, 1.82) is 0 Å². The molecular weight excluding hydrogens is 1730 g/mol. The van der Waals surface area contributed by atoms with Gasteiger partial charge in [-0.15, -0.1) is 0 Å². The second-order valence-electron chi connectivity index (χ2n) is 18.9. The quantitative estimate of drug-likeness (QED) is 0.0845. The maximum atomic E-state index is 9.75. The number of nitrogens with zero attached hydrogens (tertiary/aromatic N) is 16. The minimum atomic E-state index is -6.00. The molecule has 8 heterocycles. The van der Waals surface area contributed by atoms with E-state index in [1.165, 1.54) is 49.9 Å². The van der Waals surface area contributed by atoms with Gasteiger partial charge >= 0.3 is 119 Å². The monoisotopic (exact) mass is 1790 g/mol. The normalized spacial score (nSPS) is 10.1. The number of hydrogen-bond acceptors (Lipinski definition) is 10. The number of benzene rings is 4. The Morgan fingerprint density at radius 2 is 0.400 bits per heavy atom. The van der Waals surface area contributed by atoms with Crippen molar-refractivity contribution in [2.75, 3.05) is 0 Å². The van der Waals surface area contributed by atoms with Crippen LogP contribution < -0.4 is 0 Å². The van der Waals surface area contributed by atoms with E-state index in [1.54, 1.807) is 49.6 Å². The van der Waals surface area contributed by atoms with E-state index in [9.17, 15) is 78.6 Å². The van der Waals surface area contributed by atoms with Crippen LogP contribution in [0.4, 0.5) is 69.1 Å². The first-order valence-electron chi connectivity index (χ1n) is 27.8. The summed E-state index contributed by atoms with van der Waals surface area (Å²) in [6.45, 7) is 9.12. The predicted octanol–water partition coefficient (Wildman–Crippen LogP) is 14.8. The van der Waals surface area contributed by atoms with Gasteiger partial charge in [0.1, 0.15) is 11.6 Å². The number of Topliss-reactive ketones (excluding diaryl/α,β-unsaturated/α-hetero) is 2. The number of halogens is 16. The van der Waals surface area contributed by atoms with E-state index in [1.807, 2.05) is 184 Å². The van der Waals surface area contributed by atoms with Crippen molar-refractivity contribution in [3.05, 3.63) is 267 Å². The van der Waals surface area contributed by atoms with Crippen molar-refractivity contribution >= 4 is 40.6 Å². The molecule has 0 saturated heterocycles. The third-order valence-electron chi connectivity index (χ3n) is 10.5. The molecule has 0 aliphatic carbocycles. The molecule has 100 heavy (non-hydrogen) atoms. The molecule has 0 amide bonds. The van der Waals surface area contributed by atoms with Crippen LogP contribution in [0.25, 0.3) is 22.7 Å². The molecule has 0 bridgehead atoms. The summed E-state index contributed by atoms with van der Waals surface area (Å²) in [5.41, 5.74) is 9.14. The van der Waals surface area contributed by atoms with Gasteiger partial charge in [0, 0.05) is 99.1 Å². The van der Waals surface area contributed by atoms with Crippen molar-refractivity contribution in [2.45, 2.75) is 53.9 Å². The van der Waals surface area contributed by atoms with E-state index in [-0.39, 0.29) is 101 Å². The number of para-hydroxylation sites is 4. The van der Waals surface area contributed by atoms with Crippen LogP contribution in [0, 0.1) is 0 Å². The van der Waals surface area contributed by atoms with Gasteiger partial charge in [0.2, 0.25) is 0 Å². The Morgan fingerprint density at radius 3 is 0.530 bits per heavy atom. The summed E-state index contributed by atoms with van der Waals surface area (Å²) in [6.07, 6.45) is 29.9. The molecule has 8 aromatic heterocycles. The van der Waals surface area contributed by atoms with E-state index >= 15 is 0 Å². The Labute approximate surface area is 626 Å². The fraction of sp³-hybridized carbons (Fsp3) is 0.138. The molecule has 0 aliphatic heterocycles. The standard InChI is InChI=1S/4C13H12N4.2C3H6O.4Ag.4BF4/c4*1-2-6-13(17-10-4-8-15-17)12(5-1)11-16-9-3-7-14-16;2*1-3(2)4;;;;;4*2-1(3,4)5/h4*1-10H,11H2;2*1-2H3;;;;;;;;/q;;;;;;4*+1;4*-1. The molecule has 12 rings (SSSR count). The van der Waals surface area contributed by atoms with E-state index in [0.29, 0.717) is 0 Å². The van der Waals surface area contributed by atoms with Crippen molar-refractivity contribution in [2.24, 2.45) is 0 Å². The van der Waals surface area contributed by atoms with E-state index in [4.69, 9.17) is 0 Å². The zero-order chi connectivity index (χ0) is 71.2. The molecule has 0 radical (unpaired) electrons. The van der Waals surface area contributed by atoms with E-state index < -0.39 is 29.0 Å². The molecule has 12 aromatic rings. The summed E-state index contributed by atoms with van der Waals surface area (Å²) in [6, 6.07) is 48.2. The van der Waals surface area contributed by atoms with Crippen molar-refractivity contribution in [1.82, 2.24) is 78.2 Å². The third kappa shape index (κ3) is 46.4. The van der Waals surface area contributed by atoms with Crippen molar-refractivity contribution in [3.63, 3.8) is 0 Å². The number of aromatic nitrogens is 16. The third-order valence-corrected chi connectivity index (χ3v) is 10.5. The molecule has 0 aliphatic rings. The molecule has 42 heteroatoms. The molecule has 0 unspecified atom stereocenters. The average molecular weight is 1790 g/mol. The number of carbonyl (C=O) groups excluding carboxylic acids is 2. The Hall–Kier alpha value is -8.00. The number of rotatable bonds is 12. The Bertz CT molecular complexity index is 3430. The number of hydrogen-bond donors (Lipinski definition) is 0. The van der Waals surface area contributed by atoms with E-state index in [2.05, 4.69) is 89.3 Å².